The third-order valence-electron chi connectivity index (χ3n) is 4.25. The Morgan fingerprint density at radius 3 is 2.56 bits per heavy atom. The number of thioether (sulfide) groups is 1. The molecule has 1 heterocycles. The van der Waals surface area contributed by atoms with Gasteiger partial charge >= 0.3 is 0 Å². The maximum atomic E-state index is 12.2. The lowest BCUT2D eigenvalue weighted by molar-refractivity contribution is -0.133. The lowest BCUT2D eigenvalue weighted by Crippen LogP contribution is -2.34. The lowest BCUT2D eigenvalue weighted by atomic mass is 10.1. The highest BCUT2D eigenvalue weighted by Crippen LogP contribution is 2.20. The van der Waals surface area contributed by atoms with E-state index in [1.165, 1.54) is 16.7 Å². The van der Waals surface area contributed by atoms with Crippen molar-refractivity contribution in [2.24, 2.45) is 0 Å². The number of anilines is 1. The molecule has 0 bridgehead atoms. The summed E-state index contributed by atoms with van der Waals surface area (Å²) in [4.78, 5) is 38.9. The van der Waals surface area contributed by atoms with Gasteiger partial charge in [-0.3, -0.25) is 19.3 Å². The summed E-state index contributed by atoms with van der Waals surface area (Å²) in [5.74, 6) is 0.235. The zero-order valence-corrected chi connectivity index (χ0v) is 17.3. The molecule has 8 heteroatoms. The molecule has 1 aliphatic heterocycles. The SMILES string of the molecule is Cc1ccc(NC(=O)CN(C)C(=O)CCCCCN2C(=O)CSC2=S)cc1. The first-order chi connectivity index (χ1) is 12.9. The van der Waals surface area contributed by atoms with Crippen molar-refractivity contribution in [2.45, 2.75) is 32.6 Å². The minimum Gasteiger partial charge on any atom is -0.336 e. The number of benzene rings is 1. The number of hydrogen-bond donors (Lipinski definition) is 1. The molecule has 1 N–H and O–H groups in total. The van der Waals surface area contributed by atoms with Crippen LogP contribution in [0, 0.1) is 6.92 Å². The normalized spacial score (nSPS) is 13.8. The minimum atomic E-state index is -0.215. The smallest absolute Gasteiger partial charge is 0.243 e. The summed E-state index contributed by atoms with van der Waals surface area (Å²) in [6.45, 7) is 2.63. The molecule has 6 nitrogen and oxygen atoms in total. The van der Waals surface area contributed by atoms with E-state index >= 15 is 0 Å². The fraction of sp³-hybridized carbons (Fsp3) is 0.474. The van der Waals surface area contributed by atoms with Crippen molar-refractivity contribution in [1.29, 1.82) is 0 Å². The molecule has 3 amide bonds. The van der Waals surface area contributed by atoms with Crippen LogP contribution in [0.2, 0.25) is 0 Å². The third kappa shape index (κ3) is 6.95. The second-order valence-electron chi connectivity index (χ2n) is 6.57. The van der Waals surface area contributed by atoms with Gasteiger partial charge < -0.3 is 10.2 Å². The Balaban J connectivity index is 1.62. The van der Waals surface area contributed by atoms with Crippen LogP contribution in [0.1, 0.15) is 31.2 Å². The van der Waals surface area contributed by atoms with Gasteiger partial charge in [0.25, 0.3) is 0 Å². The number of amides is 3. The van der Waals surface area contributed by atoms with E-state index in [0.717, 1.165) is 30.5 Å². The molecule has 0 atom stereocenters. The molecule has 0 spiro atoms. The van der Waals surface area contributed by atoms with E-state index in [0.29, 0.717) is 23.0 Å². The van der Waals surface area contributed by atoms with E-state index in [-0.39, 0.29) is 24.3 Å². The maximum Gasteiger partial charge on any atom is 0.243 e. The molecule has 0 radical (unpaired) electrons. The Morgan fingerprint density at radius 1 is 1.22 bits per heavy atom. The number of unbranched alkanes of at least 4 members (excludes halogenated alkanes) is 2. The van der Waals surface area contributed by atoms with Crippen LogP contribution >= 0.6 is 24.0 Å². The van der Waals surface area contributed by atoms with Crippen molar-refractivity contribution in [1.82, 2.24) is 9.80 Å². The Bertz CT molecular complexity index is 691. The van der Waals surface area contributed by atoms with Crippen LogP contribution in [0.5, 0.6) is 0 Å². The van der Waals surface area contributed by atoms with E-state index in [2.05, 4.69) is 5.32 Å². The Kier molecular flexibility index (Phi) is 8.24. The Hall–Kier alpha value is -1.93. The molecule has 1 aromatic rings. The standard InChI is InChI=1S/C19H25N3O3S2/c1-14-7-9-15(10-8-14)20-16(23)12-21(2)17(24)6-4-3-5-11-22-18(25)13-27-19(22)26/h7-10H,3-6,11-13H2,1-2H3,(H,20,23). The highest BCUT2D eigenvalue weighted by molar-refractivity contribution is 8.23. The summed E-state index contributed by atoms with van der Waals surface area (Å²) in [6.07, 6.45) is 2.77. The number of nitrogens with zero attached hydrogens (tertiary/aromatic N) is 2. The molecular formula is C19H25N3O3S2. The fourth-order valence-electron chi connectivity index (χ4n) is 2.65. The average Bonchev–Trinajstić information content (AvgIpc) is 2.94. The molecule has 1 aromatic carbocycles. The summed E-state index contributed by atoms with van der Waals surface area (Å²) >= 11 is 6.54. The topological polar surface area (TPSA) is 69.7 Å². The summed E-state index contributed by atoms with van der Waals surface area (Å²) < 4.78 is 0.649. The quantitative estimate of drug-likeness (QED) is 0.504. The maximum absolute atomic E-state index is 12.2. The van der Waals surface area contributed by atoms with Crippen LogP contribution < -0.4 is 5.32 Å². The van der Waals surface area contributed by atoms with Gasteiger partial charge in [-0.05, 0) is 31.9 Å². The van der Waals surface area contributed by atoms with Crippen LogP contribution in [0.25, 0.3) is 0 Å². The minimum absolute atomic E-state index is 0.0283. The number of rotatable bonds is 9. The Morgan fingerprint density at radius 2 is 1.93 bits per heavy atom. The van der Waals surface area contributed by atoms with Crippen molar-refractivity contribution in [3.63, 3.8) is 0 Å². The molecule has 1 aliphatic rings. The second kappa shape index (κ2) is 10.4. The first kappa shape index (κ1) is 21.4. The molecule has 2 rings (SSSR count). The lowest BCUT2D eigenvalue weighted by Gasteiger charge is -2.17. The first-order valence-electron chi connectivity index (χ1n) is 8.94. The highest BCUT2D eigenvalue weighted by atomic mass is 32.2. The average molecular weight is 408 g/mol. The molecule has 1 saturated heterocycles. The molecule has 27 heavy (non-hydrogen) atoms. The van der Waals surface area contributed by atoms with Gasteiger partial charge in [0.1, 0.15) is 4.32 Å². The predicted octanol–water partition coefficient (Wildman–Crippen LogP) is 2.81. The van der Waals surface area contributed by atoms with Crippen molar-refractivity contribution < 1.29 is 14.4 Å². The molecule has 0 aliphatic carbocycles. The van der Waals surface area contributed by atoms with Crippen molar-refractivity contribution in [3.8, 4) is 0 Å². The highest BCUT2D eigenvalue weighted by Gasteiger charge is 2.25. The van der Waals surface area contributed by atoms with Gasteiger partial charge in [-0.2, -0.15) is 0 Å². The van der Waals surface area contributed by atoms with Crippen LogP contribution in [-0.4, -0.2) is 57.7 Å². The van der Waals surface area contributed by atoms with E-state index < -0.39 is 0 Å². The van der Waals surface area contributed by atoms with Gasteiger partial charge in [-0.1, -0.05) is 48.1 Å². The largest absolute Gasteiger partial charge is 0.336 e. The van der Waals surface area contributed by atoms with Gasteiger partial charge in [0.05, 0.1) is 12.3 Å². The number of likely N-dealkylation sites (N-methyl/N-ethyl adjacent to an activating group) is 1. The van der Waals surface area contributed by atoms with Gasteiger partial charge in [0, 0.05) is 25.7 Å². The van der Waals surface area contributed by atoms with Crippen molar-refractivity contribution >= 4 is 51.7 Å². The first-order valence-corrected chi connectivity index (χ1v) is 10.3. The predicted molar refractivity (Wildman–Crippen MR) is 113 cm³/mol. The van der Waals surface area contributed by atoms with E-state index in [4.69, 9.17) is 12.2 Å². The van der Waals surface area contributed by atoms with E-state index in [9.17, 15) is 14.4 Å². The zero-order chi connectivity index (χ0) is 19.8. The Labute approximate surface area is 169 Å². The number of thiocarbonyl (C=S) groups is 1. The molecule has 146 valence electrons. The van der Waals surface area contributed by atoms with Gasteiger partial charge in [-0.25, -0.2) is 0 Å². The van der Waals surface area contributed by atoms with Crippen LogP contribution in [-0.2, 0) is 14.4 Å². The number of aryl methyl sites for hydroxylation is 1. The van der Waals surface area contributed by atoms with E-state index in [1.807, 2.05) is 31.2 Å². The molecule has 1 fully saturated rings. The molecular weight excluding hydrogens is 382 g/mol. The fourth-order valence-corrected chi connectivity index (χ4v) is 3.77. The molecule has 0 aromatic heterocycles. The summed E-state index contributed by atoms with van der Waals surface area (Å²) in [5.41, 5.74) is 1.84. The number of carbonyl (C=O) groups is 3. The number of carbonyl (C=O) groups excluding carboxylic acids is 3. The monoisotopic (exact) mass is 407 g/mol. The number of nitrogens with one attached hydrogen (secondary N) is 1. The van der Waals surface area contributed by atoms with Gasteiger partial charge in [-0.15, -0.1) is 0 Å². The summed E-state index contributed by atoms with van der Waals surface area (Å²) in [7, 11) is 1.63. The summed E-state index contributed by atoms with van der Waals surface area (Å²) in [5, 5.41) is 2.79. The van der Waals surface area contributed by atoms with Gasteiger partial charge in [0.15, 0.2) is 0 Å². The van der Waals surface area contributed by atoms with E-state index in [1.54, 1.807) is 11.9 Å². The van der Waals surface area contributed by atoms with Crippen molar-refractivity contribution in [2.75, 3.05) is 31.2 Å². The van der Waals surface area contributed by atoms with Gasteiger partial charge in [0.2, 0.25) is 17.7 Å². The van der Waals surface area contributed by atoms with Crippen molar-refractivity contribution in [3.05, 3.63) is 29.8 Å². The third-order valence-corrected chi connectivity index (χ3v) is 5.69. The van der Waals surface area contributed by atoms with Crippen LogP contribution in [0.3, 0.4) is 0 Å². The second-order valence-corrected chi connectivity index (χ2v) is 8.18. The van der Waals surface area contributed by atoms with Crippen LogP contribution in [0.4, 0.5) is 5.69 Å². The van der Waals surface area contributed by atoms with Crippen LogP contribution in [0.15, 0.2) is 24.3 Å². The zero-order valence-electron chi connectivity index (χ0n) is 15.7. The number of hydrogen-bond acceptors (Lipinski definition) is 5. The molecule has 0 unspecified atom stereocenters. The summed E-state index contributed by atoms with van der Waals surface area (Å²) in [6, 6.07) is 7.52. The molecule has 0 saturated carbocycles.